The van der Waals surface area contributed by atoms with Crippen molar-refractivity contribution in [2.45, 2.75) is 6.92 Å². The second-order valence-corrected chi connectivity index (χ2v) is 3.79. The zero-order valence-electron chi connectivity index (χ0n) is 8.06. The summed E-state index contributed by atoms with van der Waals surface area (Å²) in [6.45, 7) is 3.91. The number of hydrogen-bond acceptors (Lipinski definition) is 1. The van der Waals surface area contributed by atoms with Gasteiger partial charge in [0, 0.05) is 16.6 Å². The van der Waals surface area contributed by atoms with Crippen LogP contribution >= 0.6 is 23.2 Å². The number of benzene rings is 1. The normalized spacial score (nSPS) is 11.1. The Morgan fingerprint density at radius 2 is 1.86 bits per heavy atom. The molecule has 0 bridgehead atoms. The summed E-state index contributed by atoms with van der Waals surface area (Å²) in [4.78, 5) is 0. The van der Waals surface area contributed by atoms with Gasteiger partial charge in [0.2, 0.25) is 0 Å². The molecule has 1 aromatic rings. The summed E-state index contributed by atoms with van der Waals surface area (Å²) >= 11 is 11.7. The van der Waals surface area contributed by atoms with Crippen molar-refractivity contribution in [3.63, 3.8) is 0 Å². The molecule has 0 aliphatic heterocycles. The van der Waals surface area contributed by atoms with Crippen LogP contribution in [0.2, 0.25) is 10.0 Å². The quantitative estimate of drug-likeness (QED) is 0.779. The topological polar surface area (TPSA) is 12.0 Å². The third-order valence-corrected chi connectivity index (χ3v) is 2.14. The Morgan fingerprint density at radius 1 is 1.21 bits per heavy atom. The Hall–Kier alpha value is -0.500. The second-order valence-electron chi connectivity index (χ2n) is 2.91. The first kappa shape index (κ1) is 11.6. The molecule has 0 heterocycles. The Kier molecular flexibility index (Phi) is 5.02. The van der Waals surface area contributed by atoms with Crippen molar-refractivity contribution in [1.29, 1.82) is 0 Å². The summed E-state index contributed by atoms with van der Waals surface area (Å²) in [5.74, 6) is 0. The number of likely N-dealkylation sites (N-methyl/N-ethyl adjacent to an activating group) is 1. The van der Waals surface area contributed by atoms with Crippen molar-refractivity contribution in [3.05, 3.63) is 39.9 Å². The van der Waals surface area contributed by atoms with Gasteiger partial charge in [-0.1, -0.05) is 42.3 Å². The Labute approximate surface area is 94.7 Å². The highest BCUT2D eigenvalue weighted by Gasteiger charge is 1.93. The maximum atomic E-state index is 5.86. The Morgan fingerprint density at radius 3 is 2.43 bits per heavy atom. The zero-order valence-corrected chi connectivity index (χ0v) is 9.57. The fourth-order valence-electron chi connectivity index (χ4n) is 1.09. The van der Waals surface area contributed by atoms with Crippen LogP contribution in [0.5, 0.6) is 0 Å². The first-order chi connectivity index (χ1) is 6.72. The van der Waals surface area contributed by atoms with Crippen LogP contribution in [0.15, 0.2) is 24.3 Å². The lowest BCUT2D eigenvalue weighted by atomic mass is 10.2. The molecule has 1 N–H and O–H groups in total. The van der Waals surface area contributed by atoms with Gasteiger partial charge < -0.3 is 5.32 Å². The first-order valence-corrected chi connectivity index (χ1v) is 5.31. The van der Waals surface area contributed by atoms with Gasteiger partial charge in [0.1, 0.15) is 0 Å². The van der Waals surface area contributed by atoms with E-state index in [1.807, 2.05) is 24.3 Å². The molecule has 0 amide bonds. The van der Waals surface area contributed by atoms with Gasteiger partial charge in [-0.3, -0.25) is 0 Å². The molecule has 1 aromatic carbocycles. The van der Waals surface area contributed by atoms with Crippen molar-refractivity contribution in [2.24, 2.45) is 0 Å². The lowest BCUT2D eigenvalue weighted by Gasteiger charge is -1.97. The van der Waals surface area contributed by atoms with Gasteiger partial charge >= 0.3 is 0 Å². The molecular weight excluding hydrogens is 217 g/mol. The van der Waals surface area contributed by atoms with E-state index in [2.05, 4.69) is 12.2 Å². The van der Waals surface area contributed by atoms with Gasteiger partial charge in [-0.05, 0) is 30.3 Å². The van der Waals surface area contributed by atoms with E-state index in [-0.39, 0.29) is 0 Å². The molecule has 0 aliphatic carbocycles. The molecule has 0 fully saturated rings. The molecule has 3 heteroatoms. The molecule has 76 valence electrons. The van der Waals surface area contributed by atoms with Crippen LogP contribution in [0.1, 0.15) is 12.5 Å². The number of halogens is 2. The molecule has 0 saturated carbocycles. The molecule has 0 atom stereocenters. The van der Waals surface area contributed by atoms with Crippen molar-refractivity contribution in [3.8, 4) is 0 Å². The van der Waals surface area contributed by atoms with Gasteiger partial charge in [-0.25, -0.2) is 0 Å². The number of nitrogens with one attached hydrogen (secondary N) is 1. The maximum absolute atomic E-state index is 5.86. The summed E-state index contributed by atoms with van der Waals surface area (Å²) in [6.07, 6.45) is 4.05. The van der Waals surface area contributed by atoms with E-state index in [0.29, 0.717) is 10.0 Å². The summed E-state index contributed by atoms with van der Waals surface area (Å²) in [6, 6.07) is 5.50. The van der Waals surface area contributed by atoms with Gasteiger partial charge in [0.25, 0.3) is 0 Å². The minimum Gasteiger partial charge on any atom is -0.314 e. The molecule has 1 rings (SSSR count). The molecule has 0 saturated heterocycles. The Balaban J connectivity index is 2.62. The average Bonchev–Trinajstić information content (AvgIpc) is 2.11. The van der Waals surface area contributed by atoms with E-state index in [0.717, 1.165) is 18.7 Å². The Bertz CT molecular complexity index is 301. The van der Waals surface area contributed by atoms with E-state index in [1.165, 1.54) is 0 Å². The van der Waals surface area contributed by atoms with E-state index in [4.69, 9.17) is 23.2 Å². The van der Waals surface area contributed by atoms with E-state index < -0.39 is 0 Å². The molecular formula is C11H13Cl2N. The molecule has 14 heavy (non-hydrogen) atoms. The standard InChI is InChI=1S/C11H13Cl2N/c1-2-14-5-3-4-9-6-10(12)8-11(13)7-9/h3-4,6-8,14H,2,5H2,1H3. The fraction of sp³-hybridized carbons (Fsp3) is 0.273. The fourth-order valence-corrected chi connectivity index (χ4v) is 1.64. The molecule has 0 radical (unpaired) electrons. The highest BCUT2D eigenvalue weighted by atomic mass is 35.5. The predicted octanol–water partition coefficient (Wildman–Crippen LogP) is 3.62. The van der Waals surface area contributed by atoms with Gasteiger partial charge in [-0.15, -0.1) is 0 Å². The minimum atomic E-state index is 0.667. The molecule has 0 aliphatic rings. The van der Waals surface area contributed by atoms with Crippen LogP contribution in [-0.2, 0) is 0 Å². The van der Waals surface area contributed by atoms with Crippen LogP contribution < -0.4 is 5.32 Å². The maximum Gasteiger partial charge on any atom is 0.0426 e. The van der Waals surface area contributed by atoms with Gasteiger partial charge in [0.05, 0.1) is 0 Å². The minimum absolute atomic E-state index is 0.667. The van der Waals surface area contributed by atoms with Crippen molar-refractivity contribution >= 4 is 29.3 Å². The van der Waals surface area contributed by atoms with Crippen molar-refractivity contribution in [2.75, 3.05) is 13.1 Å². The summed E-state index contributed by atoms with van der Waals surface area (Å²) in [5.41, 5.74) is 1.03. The van der Waals surface area contributed by atoms with Crippen LogP contribution in [0.4, 0.5) is 0 Å². The summed E-state index contributed by atoms with van der Waals surface area (Å²) in [7, 11) is 0. The van der Waals surface area contributed by atoms with Gasteiger partial charge in [-0.2, -0.15) is 0 Å². The van der Waals surface area contributed by atoms with E-state index >= 15 is 0 Å². The number of rotatable bonds is 4. The average molecular weight is 230 g/mol. The van der Waals surface area contributed by atoms with Crippen LogP contribution in [0.25, 0.3) is 6.08 Å². The second kappa shape index (κ2) is 6.07. The lowest BCUT2D eigenvalue weighted by molar-refractivity contribution is 0.801. The monoisotopic (exact) mass is 229 g/mol. The predicted molar refractivity (Wildman–Crippen MR) is 64.0 cm³/mol. The highest BCUT2D eigenvalue weighted by Crippen LogP contribution is 2.19. The first-order valence-electron chi connectivity index (χ1n) is 4.55. The molecule has 0 spiro atoms. The van der Waals surface area contributed by atoms with Crippen LogP contribution in [0, 0.1) is 0 Å². The molecule has 0 aromatic heterocycles. The van der Waals surface area contributed by atoms with E-state index in [1.54, 1.807) is 6.07 Å². The zero-order chi connectivity index (χ0) is 10.4. The van der Waals surface area contributed by atoms with E-state index in [9.17, 15) is 0 Å². The van der Waals surface area contributed by atoms with Gasteiger partial charge in [0.15, 0.2) is 0 Å². The molecule has 1 nitrogen and oxygen atoms in total. The lowest BCUT2D eigenvalue weighted by Crippen LogP contribution is -2.11. The SMILES string of the molecule is CCNCC=Cc1cc(Cl)cc(Cl)c1. The smallest absolute Gasteiger partial charge is 0.0426 e. The number of hydrogen-bond donors (Lipinski definition) is 1. The third kappa shape index (κ3) is 4.14. The summed E-state index contributed by atoms with van der Waals surface area (Å²) in [5, 5.41) is 4.53. The largest absolute Gasteiger partial charge is 0.314 e. The highest BCUT2D eigenvalue weighted by molar-refractivity contribution is 6.34. The van der Waals surface area contributed by atoms with Crippen molar-refractivity contribution in [1.82, 2.24) is 5.32 Å². The van der Waals surface area contributed by atoms with Crippen molar-refractivity contribution < 1.29 is 0 Å². The summed E-state index contributed by atoms with van der Waals surface area (Å²) < 4.78 is 0. The van der Waals surface area contributed by atoms with Crippen LogP contribution in [0.3, 0.4) is 0 Å². The van der Waals surface area contributed by atoms with Crippen LogP contribution in [-0.4, -0.2) is 13.1 Å². The third-order valence-electron chi connectivity index (χ3n) is 1.71. The molecule has 0 unspecified atom stereocenters.